The first-order chi connectivity index (χ1) is 13.0. The lowest BCUT2D eigenvalue weighted by Crippen LogP contribution is -2.30. The molecule has 0 bridgehead atoms. The third-order valence-electron chi connectivity index (χ3n) is 4.02. The van der Waals surface area contributed by atoms with Crippen molar-refractivity contribution in [3.63, 3.8) is 0 Å². The highest BCUT2D eigenvalue weighted by Crippen LogP contribution is 2.15. The van der Waals surface area contributed by atoms with E-state index in [0.717, 1.165) is 16.7 Å². The van der Waals surface area contributed by atoms with Crippen molar-refractivity contribution < 1.29 is 4.79 Å². The normalized spacial score (nSPS) is 10.9. The Morgan fingerprint density at radius 2 is 1.85 bits per heavy atom. The number of hydrogen-bond acceptors (Lipinski definition) is 3. The molecule has 0 aliphatic carbocycles. The van der Waals surface area contributed by atoms with Gasteiger partial charge in [-0.05, 0) is 36.2 Å². The Balaban J connectivity index is 1.74. The van der Waals surface area contributed by atoms with Crippen LogP contribution in [-0.2, 0) is 6.54 Å². The molecule has 5 nitrogen and oxygen atoms in total. The number of carbonyl (C=O) groups excluding carboxylic acids is 1. The van der Waals surface area contributed by atoms with E-state index < -0.39 is 11.5 Å². The molecule has 3 rings (SSSR count). The molecule has 0 radical (unpaired) electrons. The number of hydrogen-bond donors (Lipinski definition) is 1. The van der Waals surface area contributed by atoms with Crippen molar-refractivity contribution in [2.45, 2.75) is 13.5 Å². The van der Waals surface area contributed by atoms with Crippen molar-refractivity contribution >= 4 is 23.7 Å². The van der Waals surface area contributed by atoms with Gasteiger partial charge in [-0.15, -0.1) is 0 Å². The third kappa shape index (κ3) is 4.71. The molecule has 0 atom stereocenters. The van der Waals surface area contributed by atoms with Crippen molar-refractivity contribution in [3.05, 3.63) is 104 Å². The predicted octanol–water partition coefficient (Wildman–Crippen LogP) is 3.62. The molecule has 2 aromatic carbocycles. The van der Waals surface area contributed by atoms with Crippen LogP contribution in [0.3, 0.4) is 0 Å². The van der Waals surface area contributed by atoms with Gasteiger partial charge in [0.25, 0.3) is 11.5 Å². The Morgan fingerprint density at radius 3 is 2.59 bits per heavy atom. The summed E-state index contributed by atoms with van der Waals surface area (Å²) >= 11 is 6.15. The molecular weight excluding hydrogens is 362 g/mol. The minimum Gasteiger partial charge on any atom is -0.310 e. The van der Waals surface area contributed by atoms with E-state index >= 15 is 0 Å². The molecule has 27 heavy (non-hydrogen) atoms. The zero-order chi connectivity index (χ0) is 19.2. The molecule has 136 valence electrons. The van der Waals surface area contributed by atoms with Gasteiger partial charge in [-0.3, -0.25) is 9.59 Å². The standard InChI is InChI=1S/C21H18ClN3O2/c1-15-8-10-16(11-9-15)13-23-24-20(26)18-6-4-12-25(21(18)27)14-17-5-2-3-7-19(17)22/h2-13H,14H2,1H3,(H,24,26)/b23-13-. The molecular formula is C21H18ClN3O2. The minimum absolute atomic E-state index is 0.0191. The van der Waals surface area contributed by atoms with Crippen molar-refractivity contribution in [2.24, 2.45) is 5.10 Å². The summed E-state index contributed by atoms with van der Waals surface area (Å²) in [6.45, 7) is 2.28. The Hall–Kier alpha value is -3.18. The van der Waals surface area contributed by atoms with Gasteiger partial charge in [0.05, 0.1) is 12.8 Å². The Kier molecular flexibility index (Phi) is 5.84. The number of aromatic nitrogens is 1. The van der Waals surface area contributed by atoms with E-state index in [-0.39, 0.29) is 12.1 Å². The minimum atomic E-state index is -0.558. The lowest BCUT2D eigenvalue weighted by atomic mass is 10.2. The van der Waals surface area contributed by atoms with Gasteiger partial charge in [0, 0.05) is 11.2 Å². The van der Waals surface area contributed by atoms with Gasteiger partial charge in [0.2, 0.25) is 0 Å². The average Bonchev–Trinajstić information content (AvgIpc) is 2.66. The second-order valence-corrected chi connectivity index (χ2v) is 6.46. The van der Waals surface area contributed by atoms with Crippen molar-refractivity contribution in [1.82, 2.24) is 9.99 Å². The zero-order valence-electron chi connectivity index (χ0n) is 14.7. The van der Waals surface area contributed by atoms with Crippen LogP contribution in [0.2, 0.25) is 5.02 Å². The van der Waals surface area contributed by atoms with Crippen LogP contribution in [0.15, 0.2) is 76.8 Å². The molecule has 0 spiro atoms. The lowest BCUT2D eigenvalue weighted by Gasteiger charge is -2.09. The summed E-state index contributed by atoms with van der Waals surface area (Å²) in [5, 5.41) is 4.49. The molecule has 0 unspecified atom stereocenters. The number of benzene rings is 2. The lowest BCUT2D eigenvalue weighted by molar-refractivity contribution is 0.0953. The maximum Gasteiger partial charge on any atom is 0.276 e. The van der Waals surface area contributed by atoms with Crippen molar-refractivity contribution in [2.75, 3.05) is 0 Å². The molecule has 0 saturated carbocycles. The van der Waals surface area contributed by atoms with Crippen LogP contribution in [0, 0.1) is 6.92 Å². The Morgan fingerprint density at radius 1 is 1.11 bits per heavy atom. The monoisotopic (exact) mass is 379 g/mol. The van der Waals surface area contributed by atoms with Gasteiger partial charge in [-0.25, -0.2) is 5.43 Å². The van der Waals surface area contributed by atoms with Crippen LogP contribution >= 0.6 is 11.6 Å². The van der Waals surface area contributed by atoms with Crippen LogP contribution in [-0.4, -0.2) is 16.7 Å². The van der Waals surface area contributed by atoms with Crippen LogP contribution in [0.25, 0.3) is 0 Å². The second kappa shape index (κ2) is 8.47. The topological polar surface area (TPSA) is 63.5 Å². The molecule has 1 heterocycles. The zero-order valence-corrected chi connectivity index (χ0v) is 15.5. The first-order valence-corrected chi connectivity index (χ1v) is 8.75. The van der Waals surface area contributed by atoms with Crippen molar-refractivity contribution in [1.29, 1.82) is 0 Å². The van der Waals surface area contributed by atoms with E-state index in [9.17, 15) is 9.59 Å². The maximum absolute atomic E-state index is 12.6. The molecule has 1 aromatic heterocycles. The average molecular weight is 380 g/mol. The Labute approximate surface area is 161 Å². The van der Waals surface area contributed by atoms with Gasteiger partial charge in [0.15, 0.2) is 0 Å². The predicted molar refractivity (Wildman–Crippen MR) is 107 cm³/mol. The highest BCUT2D eigenvalue weighted by Gasteiger charge is 2.12. The van der Waals surface area contributed by atoms with E-state index in [4.69, 9.17) is 11.6 Å². The smallest absolute Gasteiger partial charge is 0.276 e. The molecule has 0 fully saturated rings. The van der Waals surface area contributed by atoms with Crippen LogP contribution in [0.1, 0.15) is 27.0 Å². The van der Waals surface area contributed by atoms with Crippen LogP contribution in [0.4, 0.5) is 0 Å². The fourth-order valence-electron chi connectivity index (χ4n) is 2.52. The summed E-state index contributed by atoms with van der Waals surface area (Å²) in [4.78, 5) is 24.9. The molecule has 0 aliphatic rings. The number of aryl methyl sites for hydroxylation is 1. The number of pyridine rings is 1. The maximum atomic E-state index is 12.6. The van der Waals surface area contributed by atoms with E-state index in [0.29, 0.717) is 5.02 Å². The summed E-state index contributed by atoms with van der Waals surface area (Å²) in [5.41, 5.74) is 4.81. The molecule has 3 aromatic rings. The molecule has 6 heteroatoms. The number of carbonyl (C=O) groups is 1. The third-order valence-corrected chi connectivity index (χ3v) is 4.39. The number of nitrogens with zero attached hydrogens (tertiary/aromatic N) is 2. The van der Waals surface area contributed by atoms with Gasteiger partial charge in [-0.2, -0.15) is 5.10 Å². The number of amides is 1. The summed E-state index contributed by atoms with van der Waals surface area (Å²) in [7, 11) is 0. The largest absolute Gasteiger partial charge is 0.310 e. The van der Waals surface area contributed by atoms with E-state index in [1.165, 1.54) is 16.8 Å². The second-order valence-electron chi connectivity index (χ2n) is 6.06. The molecule has 1 amide bonds. The Bertz CT molecular complexity index is 1040. The van der Waals surface area contributed by atoms with Gasteiger partial charge in [-0.1, -0.05) is 59.6 Å². The highest BCUT2D eigenvalue weighted by atomic mass is 35.5. The van der Waals surface area contributed by atoms with Crippen LogP contribution in [0.5, 0.6) is 0 Å². The van der Waals surface area contributed by atoms with E-state index in [2.05, 4.69) is 10.5 Å². The fourth-order valence-corrected chi connectivity index (χ4v) is 2.72. The summed E-state index contributed by atoms with van der Waals surface area (Å²) < 4.78 is 1.44. The molecule has 0 saturated heterocycles. The van der Waals surface area contributed by atoms with Gasteiger partial charge < -0.3 is 4.57 Å². The van der Waals surface area contributed by atoms with Gasteiger partial charge >= 0.3 is 0 Å². The number of halogens is 1. The summed E-state index contributed by atoms with van der Waals surface area (Å²) in [6, 6.07) is 18.1. The summed E-state index contributed by atoms with van der Waals surface area (Å²) in [6.07, 6.45) is 3.15. The number of hydrazone groups is 1. The fraction of sp³-hybridized carbons (Fsp3) is 0.0952. The van der Waals surface area contributed by atoms with Crippen molar-refractivity contribution in [3.8, 4) is 0 Å². The van der Waals surface area contributed by atoms with Crippen LogP contribution < -0.4 is 11.0 Å². The van der Waals surface area contributed by atoms with E-state index in [1.807, 2.05) is 49.4 Å². The quantitative estimate of drug-likeness (QED) is 0.543. The highest BCUT2D eigenvalue weighted by molar-refractivity contribution is 6.31. The van der Waals surface area contributed by atoms with E-state index in [1.54, 1.807) is 18.3 Å². The number of nitrogens with one attached hydrogen (secondary N) is 1. The number of rotatable bonds is 5. The first-order valence-electron chi connectivity index (χ1n) is 8.37. The molecule has 0 aliphatic heterocycles. The van der Waals surface area contributed by atoms with Gasteiger partial charge in [0.1, 0.15) is 5.56 Å². The molecule has 1 N–H and O–H groups in total. The summed E-state index contributed by atoms with van der Waals surface area (Å²) in [5.74, 6) is -0.558. The SMILES string of the molecule is Cc1ccc(/C=N\NC(=O)c2cccn(Cc3ccccc3Cl)c2=O)cc1. The first kappa shape index (κ1) is 18.6.